The maximum atomic E-state index is 11.4. The molecule has 0 aliphatic carbocycles. The van der Waals surface area contributed by atoms with Crippen molar-refractivity contribution in [3.8, 4) is 0 Å². The molecule has 0 saturated carbocycles. The lowest BCUT2D eigenvalue weighted by atomic mass is 10.1. The Balaban J connectivity index is 2.34. The highest BCUT2D eigenvalue weighted by Crippen LogP contribution is 2.36. The van der Waals surface area contributed by atoms with E-state index in [1.54, 1.807) is 13.2 Å². The summed E-state index contributed by atoms with van der Waals surface area (Å²) in [5, 5.41) is 14.5. The largest absolute Gasteiger partial charge is 0.380 e. The molecule has 0 bridgehead atoms. The SMILES string of the molecule is CCNc1cccc(N2CCCC(OC)C2)c1[N+](=O)[O-]. The van der Waals surface area contributed by atoms with Crippen molar-refractivity contribution in [1.82, 2.24) is 0 Å². The Morgan fingerprint density at radius 1 is 1.55 bits per heavy atom. The van der Waals surface area contributed by atoms with Crippen molar-refractivity contribution in [3.63, 3.8) is 0 Å². The fourth-order valence-corrected chi connectivity index (χ4v) is 2.66. The van der Waals surface area contributed by atoms with Crippen molar-refractivity contribution in [1.29, 1.82) is 0 Å². The number of hydrogen-bond acceptors (Lipinski definition) is 5. The Kier molecular flexibility index (Phi) is 4.79. The van der Waals surface area contributed by atoms with E-state index in [0.717, 1.165) is 19.4 Å². The van der Waals surface area contributed by atoms with Gasteiger partial charge in [0.15, 0.2) is 0 Å². The average molecular weight is 279 g/mol. The molecule has 0 amide bonds. The number of methoxy groups -OCH3 is 1. The molecule has 110 valence electrons. The zero-order chi connectivity index (χ0) is 14.5. The first-order valence-electron chi connectivity index (χ1n) is 6.96. The molecule has 1 unspecified atom stereocenters. The van der Waals surface area contributed by atoms with Crippen LogP contribution < -0.4 is 10.2 Å². The highest BCUT2D eigenvalue weighted by atomic mass is 16.6. The lowest BCUT2D eigenvalue weighted by Gasteiger charge is -2.33. The lowest BCUT2D eigenvalue weighted by molar-refractivity contribution is -0.383. The molecule has 0 aromatic heterocycles. The number of piperidine rings is 1. The number of hydrogen-bond donors (Lipinski definition) is 1. The van der Waals surface area contributed by atoms with Crippen LogP contribution in [0.25, 0.3) is 0 Å². The molecule has 1 aromatic carbocycles. The van der Waals surface area contributed by atoms with Gasteiger partial charge in [-0.1, -0.05) is 6.07 Å². The van der Waals surface area contributed by atoms with Gasteiger partial charge in [-0.25, -0.2) is 0 Å². The molecular weight excluding hydrogens is 258 g/mol. The van der Waals surface area contributed by atoms with Gasteiger partial charge in [0.2, 0.25) is 0 Å². The van der Waals surface area contributed by atoms with Gasteiger partial charge in [-0.2, -0.15) is 0 Å². The normalized spacial score (nSPS) is 18.9. The molecule has 1 saturated heterocycles. The minimum Gasteiger partial charge on any atom is -0.380 e. The number of ether oxygens (including phenoxy) is 1. The smallest absolute Gasteiger partial charge is 0.315 e. The molecule has 6 nitrogen and oxygen atoms in total. The van der Waals surface area contributed by atoms with Crippen LogP contribution in [0.1, 0.15) is 19.8 Å². The number of nitro benzene ring substituents is 1. The summed E-state index contributed by atoms with van der Waals surface area (Å²) in [7, 11) is 1.69. The standard InChI is InChI=1S/C14H21N3O3/c1-3-15-12-7-4-8-13(14(12)17(18)19)16-9-5-6-11(10-16)20-2/h4,7-8,11,15H,3,5-6,9-10H2,1-2H3. The van der Waals surface area contributed by atoms with Gasteiger partial charge in [0.05, 0.1) is 11.0 Å². The van der Waals surface area contributed by atoms with Crippen LogP contribution in [0.5, 0.6) is 0 Å². The topological polar surface area (TPSA) is 67.6 Å². The summed E-state index contributed by atoms with van der Waals surface area (Å²) in [6.45, 7) is 4.12. The quantitative estimate of drug-likeness (QED) is 0.663. The number of benzene rings is 1. The third-order valence-electron chi connectivity index (χ3n) is 3.62. The van der Waals surface area contributed by atoms with Gasteiger partial charge in [0.1, 0.15) is 11.4 Å². The fraction of sp³-hybridized carbons (Fsp3) is 0.571. The van der Waals surface area contributed by atoms with E-state index in [1.807, 2.05) is 19.1 Å². The highest BCUT2D eigenvalue weighted by Gasteiger charge is 2.27. The second-order valence-electron chi connectivity index (χ2n) is 4.91. The number of anilines is 2. The molecule has 6 heteroatoms. The summed E-state index contributed by atoms with van der Waals surface area (Å²) in [6.07, 6.45) is 2.14. The summed E-state index contributed by atoms with van der Waals surface area (Å²) in [4.78, 5) is 13.2. The molecule has 1 heterocycles. The zero-order valence-corrected chi connectivity index (χ0v) is 12.0. The average Bonchev–Trinajstić information content (AvgIpc) is 2.47. The van der Waals surface area contributed by atoms with Crippen molar-refractivity contribution < 1.29 is 9.66 Å². The first kappa shape index (κ1) is 14.6. The van der Waals surface area contributed by atoms with Gasteiger partial charge < -0.3 is 15.0 Å². The van der Waals surface area contributed by atoms with E-state index >= 15 is 0 Å². The minimum atomic E-state index is -0.302. The Bertz CT molecular complexity index is 479. The van der Waals surface area contributed by atoms with Gasteiger partial charge in [-0.15, -0.1) is 0 Å². The Labute approximate surface area is 118 Å². The van der Waals surface area contributed by atoms with E-state index in [-0.39, 0.29) is 16.7 Å². The third-order valence-corrected chi connectivity index (χ3v) is 3.62. The van der Waals surface area contributed by atoms with Gasteiger partial charge in [-0.05, 0) is 31.9 Å². The Morgan fingerprint density at radius 3 is 3.00 bits per heavy atom. The molecule has 0 radical (unpaired) electrons. The highest BCUT2D eigenvalue weighted by molar-refractivity contribution is 5.77. The van der Waals surface area contributed by atoms with Crippen LogP contribution in [0.3, 0.4) is 0 Å². The van der Waals surface area contributed by atoms with Crippen LogP contribution in [0.4, 0.5) is 17.1 Å². The van der Waals surface area contributed by atoms with Crippen molar-refractivity contribution in [3.05, 3.63) is 28.3 Å². The molecule has 1 aliphatic rings. The van der Waals surface area contributed by atoms with E-state index < -0.39 is 0 Å². The van der Waals surface area contributed by atoms with Crippen LogP contribution in [-0.4, -0.2) is 37.8 Å². The maximum absolute atomic E-state index is 11.4. The number of rotatable bonds is 5. The van der Waals surface area contributed by atoms with E-state index in [4.69, 9.17) is 4.74 Å². The van der Waals surface area contributed by atoms with E-state index in [9.17, 15) is 10.1 Å². The molecule has 1 N–H and O–H groups in total. The summed E-state index contributed by atoms with van der Waals surface area (Å²) < 4.78 is 5.39. The predicted octanol–water partition coefficient (Wildman–Crippen LogP) is 2.64. The van der Waals surface area contributed by atoms with Crippen molar-refractivity contribution >= 4 is 17.1 Å². The molecule has 2 rings (SSSR count). The van der Waals surface area contributed by atoms with Gasteiger partial charge in [-0.3, -0.25) is 10.1 Å². The summed E-state index contributed by atoms with van der Waals surface area (Å²) >= 11 is 0. The Morgan fingerprint density at radius 2 is 2.35 bits per heavy atom. The van der Waals surface area contributed by atoms with Crippen LogP contribution in [-0.2, 0) is 4.74 Å². The van der Waals surface area contributed by atoms with E-state index in [2.05, 4.69) is 10.2 Å². The summed E-state index contributed by atoms with van der Waals surface area (Å²) in [5.74, 6) is 0. The fourth-order valence-electron chi connectivity index (χ4n) is 2.66. The number of nitrogens with zero attached hydrogens (tertiary/aromatic N) is 2. The monoisotopic (exact) mass is 279 g/mol. The molecule has 20 heavy (non-hydrogen) atoms. The van der Waals surface area contributed by atoms with Gasteiger partial charge in [0.25, 0.3) is 0 Å². The molecule has 1 fully saturated rings. The van der Waals surface area contributed by atoms with Crippen LogP contribution in [0.15, 0.2) is 18.2 Å². The Hall–Kier alpha value is -1.82. The molecule has 1 aliphatic heterocycles. The second-order valence-corrected chi connectivity index (χ2v) is 4.91. The molecule has 1 aromatic rings. The number of nitro groups is 1. The molecule has 0 spiro atoms. The van der Waals surface area contributed by atoms with Crippen molar-refractivity contribution in [2.45, 2.75) is 25.9 Å². The minimum absolute atomic E-state index is 0.145. The number of para-hydroxylation sites is 1. The first-order valence-corrected chi connectivity index (χ1v) is 6.96. The predicted molar refractivity (Wildman–Crippen MR) is 79.5 cm³/mol. The van der Waals surface area contributed by atoms with Crippen molar-refractivity contribution in [2.75, 3.05) is 37.0 Å². The van der Waals surface area contributed by atoms with E-state index in [1.165, 1.54) is 0 Å². The van der Waals surface area contributed by atoms with Crippen LogP contribution >= 0.6 is 0 Å². The summed E-state index contributed by atoms with van der Waals surface area (Å²) in [6, 6.07) is 5.43. The zero-order valence-electron chi connectivity index (χ0n) is 12.0. The third kappa shape index (κ3) is 3.01. The van der Waals surface area contributed by atoms with Gasteiger partial charge in [0, 0.05) is 26.7 Å². The van der Waals surface area contributed by atoms with E-state index in [0.29, 0.717) is 24.5 Å². The van der Waals surface area contributed by atoms with Crippen molar-refractivity contribution in [2.24, 2.45) is 0 Å². The van der Waals surface area contributed by atoms with Crippen LogP contribution in [0, 0.1) is 10.1 Å². The lowest BCUT2D eigenvalue weighted by Crippen LogP contribution is -2.39. The van der Waals surface area contributed by atoms with Crippen LogP contribution in [0.2, 0.25) is 0 Å². The number of nitrogens with one attached hydrogen (secondary N) is 1. The maximum Gasteiger partial charge on any atom is 0.315 e. The van der Waals surface area contributed by atoms with Gasteiger partial charge >= 0.3 is 5.69 Å². The second kappa shape index (κ2) is 6.56. The molecule has 1 atom stereocenters. The first-order chi connectivity index (χ1) is 9.67. The molecular formula is C14H21N3O3. The summed E-state index contributed by atoms with van der Waals surface area (Å²) in [5.41, 5.74) is 1.41.